The van der Waals surface area contributed by atoms with Crippen LogP contribution in [0, 0.1) is 0 Å². The van der Waals surface area contributed by atoms with E-state index in [9.17, 15) is 13.2 Å². The van der Waals surface area contributed by atoms with E-state index in [4.69, 9.17) is 34.8 Å². The first kappa shape index (κ1) is 16.1. The highest BCUT2D eigenvalue weighted by Gasteiger charge is 2.35. The van der Waals surface area contributed by atoms with Crippen LogP contribution in [0.5, 0.6) is 0 Å². The number of benzene rings is 2. The number of rotatable bonds is 2. The average Bonchev–Trinajstić information content (AvgIpc) is 2.41. The Labute approximate surface area is 134 Å². The van der Waals surface area contributed by atoms with E-state index in [-0.39, 0.29) is 10.7 Å². The van der Waals surface area contributed by atoms with Crippen LogP contribution >= 0.6 is 34.8 Å². The minimum atomic E-state index is -4.74. The summed E-state index contributed by atoms with van der Waals surface area (Å²) in [5.74, 6) is 0. The largest absolute Gasteiger partial charge is 0.444 e. The Morgan fingerprint density at radius 2 is 1.62 bits per heavy atom. The molecular formula is C14H7Cl3F3N. The lowest BCUT2D eigenvalue weighted by atomic mass is 10.0. The summed E-state index contributed by atoms with van der Waals surface area (Å²) in [6.45, 7) is 0. The maximum atomic E-state index is 12.5. The standard InChI is InChI=1S/C14H7Cl3F3N/c15-9-6-10(8-4-2-1-3-5-8)12(11(16)7-9)21-13(17)14(18,19)20/h1-7H. The lowest BCUT2D eigenvalue weighted by Crippen LogP contribution is -2.16. The first-order chi connectivity index (χ1) is 9.79. The van der Waals surface area contributed by atoms with Crippen LogP contribution in [0.15, 0.2) is 47.5 Å². The van der Waals surface area contributed by atoms with Gasteiger partial charge in [0.1, 0.15) is 0 Å². The fraction of sp³-hybridized carbons (Fsp3) is 0.0714. The molecule has 0 fully saturated rings. The van der Waals surface area contributed by atoms with Crippen LogP contribution in [0.2, 0.25) is 10.0 Å². The maximum absolute atomic E-state index is 12.5. The van der Waals surface area contributed by atoms with E-state index in [1.807, 2.05) is 0 Å². The molecule has 0 aromatic heterocycles. The van der Waals surface area contributed by atoms with Crippen molar-refractivity contribution in [1.29, 1.82) is 0 Å². The van der Waals surface area contributed by atoms with E-state index in [0.717, 1.165) is 0 Å². The Kier molecular flexibility index (Phi) is 4.81. The maximum Gasteiger partial charge on any atom is 0.444 e. The summed E-state index contributed by atoms with van der Waals surface area (Å²) < 4.78 is 37.6. The topological polar surface area (TPSA) is 12.4 Å². The molecule has 0 saturated heterocycles. The summed E-state index contributed by atoms with van der Waals surface area (Å²) >= 11 is 17.1. The van der Waals surface area contributed by atoms with Crippen LogP contribution in [-0.2, 0) is 0 Å². The van der Waals surface area contributed by atoms with E-state index in [0.29, 0.717) is 16.1 Å². The Bertz CT molecular complexity index is 682. The van der Waals surface area contributed by atoms with Crippen molar-refractivity contribution in [3.8, 4) is 11.1 Å². The van der Waals surface area contributed by atoms with Crippen molar-refractivity contribution < 1.29 is 13.2 Å². The third-order valence-electron chi connectivity index (χ3n) is 2.56. The molecule has 0 heterocycles. The molecule has 2 aromatic carbocycles. The highest BCUT2D eigenvalue weighted by atomic mass is 35.5. The summed E-state index contributed by atoms with van der Waals surface area (Å²) in [7, 11) is 0. The predicted octanol–water partition coefficient (Wildman–Crippen LogP) is 6.49. The van der Waals surface area contributed by atoms with E-state index in [1.165, 1.54) is 12.1 Å². The highest BCUT2D eigenvalue weighted by molar-refractivity contribution is 6.67. The number of nitrogens with zero attached hydrogens (tertiary/aromatic N) is 1. The zero-order valence-corrected chi connectivity index (χ0v) is 12.5. The van der Waals surface area contributed by atoms with E-state index in [2.05, 4.69) is 4.99 Å². The molecule has 21 heavy (non-hydrogen) atoms. The van der Waals surface area contributed by atoms with E-state index < -0.39 is 11.3 Å². The zero-order valence-electron chi connectivity index (χ0n) is 10.3. The number of hydrogen-bond acceptors (Lipinski definition) is 1. The number of hydrogen-bond donors (Lipinski definition) is 0. The quantitative estimate of drug-likeness (QED) is 0.548. The fourth-order valence-electron chi connectivity index (χ4n) is 1.68. The van der Waals surface area contributed by atoms with Gasteiger partial charge in [-0.2, -0.15) is 13.2 Å². The van der Waals surface area contributed by atoms with Crippen LogP contribution in [-0.4, -0.2) is 11.3 Å². The molecule has 0 spiro atoms. The molecule has 1 nitrogen and oxygen atoms in total. The van der Waals surface area contributed by atoms with Crippen molar-refractivity contribution in [3.63, 3.8) is 0 Å². The molecule has 0 amide bonds. The molecule has 0 saturated carbocycles. The van der Waals surface area contributed by atoms with Gasteiger partial charge in [0.2, 0.25) is 5.17 Å². The summed E-state index contributed by atoms with van der Waals surface area (Å²) in [5, 5.41) is -1.21. The summed E-state index contributed by atoms with van der Waals surface area (Å²) in [6.07, 6.45) is -4.74. The molecule has 0 aliphatic rings. The molecule has 2 rings (SSSR count). The third kappa shape index (κ3) is 3.90. The van der Waals surface area contributed by atoms with Crippen LogP contribution in [0.25, 0.3) is 11.1 Å². The molecule has 0 aliphatic heterocycles. The molecule has 0 atom stereocenters. The van der Waals surface area contributed by atoms with Gasteiger partial charge in [0, 0.05) is 10.6 Å². The van der Waals surface area contributed by atoms with Crippen molar-refractivity contribution >= 4 is 45.7 Å². The lowest BCUT2D eigenvalue weighted by molar-refractivity contribution is -0.0558. The molecule has 2 aromatic rings. The Morgan fingerprint density at radius 3 is 2.19 bits per heavy atom. The van der Waals surface area contributed by atoms with Gasteiger partial charge in [-0.3, -0.25) is 0 Å². The summed E-state index contributed by atoms with van der Waals surface area (Å²) in [5.41, 5.74) is 0.928. The lowest BCUT2D eigenvalue weighted by Gasteiger charge is -2.10. The predicted molar refractivity (Wildman–Crippen MR) is 80.9 cm³/mol. The van der Waals surface area contributed by atoms with Gasteiger partial charge in [-0.1, -0.05) is 65.1 Å². The Balaban J connectivity index is 2.66. The minimum absolute atomic E-state index is 0.0104. The summed E-state index contributed by atoms with van der Waals surface area (Å²) in [4.78, 5) is 3.41. The van der Waals surface area contributed by atoms with Gasteiger partial charge in [-0.05, 0) is 17.7 Å². The van der Waals surface area contributed by atoms with Crippen molar-refractivity contribution in [2.45, 2.75) is 6.18 Å². The molecule has 0 bridgehead atoms. The first-order valence-corrected chi connectivity index (χ1v) is 6.78. The van der Waals surface area contributed by atoms with Gasteiger partial charge >= 0.3 is 6.18 Å². The number of halogens is 6. The second-order valence-electron chi connectivity index (χ2n) is 4.05. The minimum Gasteiger partial charge on any atom is -0.230 e. The molecule has 0 radical (unpaired) electrons. The second kappa shape index (κ2) is 6.26. The molecular weight excluding hydrogens is 346 g/mol. The van der Waals surface area contributed by atoms with Gasteiger partial charge < -0.3 is 0 Å². The van der Waals surface area contributed by atoms with Gasteiger partial charge in [0.15, 0.2) is 0 Å². The smallest absolute Gasteiger partial charge is 0.230 e. The van der Waals surface area contributed by atoms with Crippen LogP contribution < -0.4 is 0 Å². The Hall–Kier alpha value is -1.23. The van der Waals surface area contributed by atoms with Crippen molar-refractivity contribution in [2.75, 3.05) is 0 Å². The molecule has 7 heteroatoms. The monoisotopic (exact) mass is 351 g/mol. The molecule has 0 aliphatic carbocycles. The zero-order chi connectivity index (χ0) is 15.6. The van der Waals surface area contributed by atoms with Crippen LogP contribution in [0.1, 0.15) is 0 Å². The Morgan fingerprint density at radius 1 is 1.00 bits per heavy atom. The van der Waals surface area contributed by atoms with Gasteiger partial charge in [-0.15, -0.1) is 0 Å². The molecule has 110 valence electrons. The number of alkyl halides is 3. The van der Waals surface area contributed by atoms with Gasteiger partial charge in [0.05, 0.1) is 10.7 Å². The van der Waals surface area contributed by atoms with Gasteiger partial charge in [-0.25, -0.2) is 4.99 Å². The SMILES string of the molecule is FC(F)(F)C(Cl)=Nc1c(Cl)cc(Cl)cc1-c1ccccc1. The first-order valence-electron chi connectivity index (χ1n) is 5.65. The molecule has 0 N–H and O–H groups in total. The summed E-state index contributed by atoms with van der Waals surface area (Å²) in [6, 6.07) is 11.5. The highest BCUT2D eigenvalue weighted by Crippen LogP contribution is 2.40. The normalized spacial score (nSPS) is 12.6. The average molecular weight is 353 g/mol. The van der Waals surface area contributed by atoms with Gasteiger partial charge in [0.25, 0.3) is 0 Å². The van der Waals surface area contributed by atoms with Crippen molar-refractivity contribution in [2.24, 2.45) is 4.99 Å². The van der Waals surface area contributed by atoms with Crippen LogP contribution in [0.4, 0.5) is 18.9 Å². The molecule has 0 unspecified atom stereocenters. The number of aliphatic imine (C=N–C) groups is 1. The van der Waals surface area contributed by atoms with Crippen LogP contribution in [0.3, 0.4) is 0 Å². The fourth-order valence-corrected chi connectivity index (χ4v) is 2.30. The van der Waals surface area contributed by atoms with Crippen molar-refractivity contribution in [1.82, 2.24) is 0 Å². The third-order valence-corrected chi connectivity index (χ3v) is 3.36. The second-order valence-corrected chi connectivity index (χ2v) is 5.25. The van der Waals surface area contributed by atoms with E-state index in [1.54, 1.807) is 30.3 Å². The van der Waals surface area contributed by atoms with E-state index >= 15 is 0 Å². The van der Waals surface area contributed by atoms with Crippen molar-refractivity contribution in [3.05, 3.63) is 52.5 Å².